The summed E-state index contributed by atoms with van der Waals surface area (Å²) < 4.78 is 27.2. The third-order valence-corrected chi connectivity index (χ3v) is 6.98. The van der Waals surface area contributed by atoms with Crippen LogP contribution >= 0.6 is 35.6 Å². The molecule has 7 nitrogen and oxygen atoms in total. The van der Waals surface area contributed by atoms with Gasteiger partial charge in [-0.3, -0.25) is 4.99 Å². The van der Waals surface area contributed by atoms with Gasteiger partial charge in [0.25, 0.3) is 0 Å². The molecule has 2 rings (SSSR count). The molecule has 1 fully saturated rings. The van der Waals surface area contributed by atoms with Crippen LogP contribution in [-0.2, 0) is 10.0 Å². The van der Waals surface area contributed by atoms with Crippen LogP contribution in [0.1, 0.15) is 45.4 Å². The Balaban J connectivity index is 0.00000450. The number of halogens is 2. The van der Waals surface area contributed by atoms with Gasteiger partial charge >= 0.3 is 0 Å². The van der Waals surface area contributed by atoms with Crippen LogP contribution < -0.4 is 15.4 Å². The molecule has 172 valence electrons. The van der Waals surface area contributed by atoms with Crippen molar-refractivity contribution in [2.45, 2.75) is 50.3 Å². The first-order valence-corrected chi connectivity index (χ1v) is 12.2. The van der Waals surface area contributed by atoms with Gasteiger partial charge in [0.05, 0.1) is 4.90 Å². The second-order valence-corrected chi connectivity index (χ2v) is 9.71. The minimum atomic E-state index is -3.60. The molecule has 1 aromatic rings. The fraction of sp³-hybridized carbons (Fsp3) is 0.650. The molecule has 0 radical (unpaired) electrons. The van der Waals surface area contributed by atoms with Gasteiger partial charge in [-0.25, -0.2) is 13.1 Å². The van der Waals surface area contributed by atoms with Gasteiger partial charge in [-0.05, 0) is 49.8 Å². The van der Waals surface area contributed by atoms with Gasteiger partial charge in [0.1, 0.15) is 0 Å². The zero-order valence-electron chi connectivity index (χ0n) is 17.5. The Kier molecular flexibility index (Phi) is 12.5. The van der Waals surface area contributed by atoms with Crippen molar-refractivity contribution in [1.29, 1.82) is 0 Å². The molecule has 4 N–H and O–H groups in total. The lowest BCUT2D eigenvalue weighted by molar-refractivity contribution is 0.137. The summed E-state index contributed by atoms with van der Waals surface area (Å²) in [5, 5.41) is 16.2. The molecular weight excluding hydrogens is 539 g/mol. The fourth-order valence-electron chi connectivity index (χ4n) is 3.70. The monoisotopic (exact) mass is 572 g/mol. The highest BCUT2D eigenvalue weighted by Gasteiger charge is 2.31. The van der Waals surface area contributed by atoms with Gasteiger partial charge in [-0.2, -0.15) is 0 Å². The van der Waals surface area contributed by atoms with Crippen molar-refractivity contribution >= 4 is 51.6 Å². The third kappa shape index (κ3) is 8.86. The van der Waals surface area contributed by atoms with E-state index in [1.165, 1.54) is 31.4 Å². The van der Waals surface area contributed by atoms with Crippen molar-refractivity contribution in [3.05, 3.63) is 29.3 Å². The van der Waals surface area contributed by atoms with Gasteiger partial charge in [-0.1, -0.05) is 36.9 Å². The molecule has 0 aliphatic heterocycles. The number of hydrogen-bond acceptors (Lipinski definition) is 4. The minimum absolute atomic E-state index is 0. The first-order chi connectivity index (χ1) is 13.9. The van der Waals surface area contributed by atoms with Crippen LogP contribution in [0, 0.1) is 5.41 Å². The Hall–Kier alpha value is -0.620. The first kappa shape index (κ1) is 27.4. The smallest absolute Gasteiger partial charge is 0.240 e. The van der Waals surface area contributed by atoms with E-state index < -0.39 is 10.0 Å². The van der Waals surface area contributed by atoms with E-state index in [1.54, 1.807) is 12.1 Å². The molecule has 0 heterocycles. The maximum Gasteiger partial charge on any atom is 0.240 e. The summed E-state index contributed by atoms with van der Waals surface area (Å²) in [6.07, 6.45) is 6.58. The minimum Gasteiger partial charge on any atom is -0.396 e. The Labute approximate surface area is 202 Å². The van der Waals surface area contributed by atoms with E-state index in [0.29, 0.717) is 30.6 Å². The zero-order valence-corrected chi connectivity index (χ0v) is 21.4. The highest BCUT2D eigenvalue weighted by molar-refractivity contribution is 14.0. The van der Waals surface area contributed by atoms with Gasteiger partial charge in [0, 0.05) is 37.8 Å². The first-order valence-electron chi connectivity index (χ1n) is 10.3. The molecule has 0 bridgehead atoms. The summed E-state index contributed by atoms with van der Waals surface area (Å²) >= 11 is 5.88. The average molecular weight is 573 g/mol. The van der Waals surface area contributed by atoms with Crippen LogP contribution in [0.2, 0.25) is 5.02 Å². The standard InChI is InChI=1S/C20H33ClN4O3S.HI/c1-2-22-19(24-16-20(11-14-26)9-4-3-5-10-20)23-12-13-25-29(27,28)18-8-6-7-17(21)15-18;/h6-8,15,25-26H,2-5,9-14,16H2,1H3,(H2,22,23,24);1H. The molecule has 1 saturated carbocycles. The molecule has 0 spiro atoms. The number of nitrogens with zero attached hydrogens (tertiary/aromatic N) is 1. The Bertz CT molecular complexity index is 766. The number of aliphatic imine (C=N–C) groups is 1. The van der Waals surface area contributed by atoms with Gasteiger partial charge in [-0.15, -0.1) is 24.0 Å². The van der Waals surface area contributed by atoms with Gasteiger partial charge in [0.2, 0.25) is 10.0 Å². The number of aliphatic hydroxyl groups excluding tert-OH is 1. The van der Waals surface area contributed by atoms with Crippen molar-refractivity contribution in [3.63, 3.8) is 0 Å². The normalized spacial score (nSPS) is 16.6. The van der Waals surface area contributed by atoms with E-state index in [-0.39, 0.29) is 47.4 Å². The fourth-order valence-corrected chi connectivity index (χ4v) is 5.03. The average Bonchev–Trinajstić information content (AvgIpc) is 2.70. The van der Waals surface area contributed by atoms with Crippen LogP contribution in [-0.4, -0.2) is 52.3 Å². The van der Waals surface area contributed by atoms with E-state index in [9.17, 15) is 13.5 Å². The van der Waals surface area contributed by atoms with E-state index in [2.05, 4.69) is 15.4 Å². The number of nitrogens with one attached hydrogen (secondary N) is 3. The summed E-state index contributed by atoms with van der Waals surface area (Å²) in [7, 11) is -3.60. The summed E-state index contributed by atoms with van der Waals surface area (Å²) in [6.45, 7) is 4.18. The molecule has 0 amide bonds. The molecule has 1 aliphatic carbocycles. The van der Waals surface area contributed by atoms with E-state index >= 15 is 0 Å². The predicted molar refractivity (Wildman–Crippen MR) is 133 cm³/mol. The van der Waals surface area contributed by atoms with Crippen LogP contribution in [0.15, 0.2) is 34.2 Å². The molecular formula is C20H34ClIN4O3S. The Morgan fingerprint density at radius 3 is 2.57 bits per heavy atom. The molecule has 0 unspecified atom stereocenters. The summed E-state index contributed by atoms with van der Waals surface area (Å²) in [5.41, 5.74) is 0.0729. The molecule has 0 aromatic heterocycles. The van der Waals surface area contributed by atoms with Gasteiger partial charge in [0.15, 0.2) is 5.96 Å². The van der Waals surface area contributed by atoms with Crippen molar-refractivity contribution < 1.29 is 13.5 Å². The molecule has 0 saturated heterocycles. The lowest BCUT2D eigenvalue weighted by Gasteiger charge is -2.35. The SMILES string of the molecule is CCNC(=NCC1(CCO)CCCCC1)NCCNS(=O)(=O)c1cccc(Cl)c1.I. The zero-order chi connectivity index (χ0) is 21.2. The third-order valence-electron chi connectivity index (χ3n) is 5.29. The van der Waals surface area contributed by atoms with Crippen LogP contribution in [0.4, 0.5) is 0 Å². The second kappa shape index (κ2) is 13.7. The lowest BCUT2D eigenvalue weighted by Crippen LogP contribution is -2.42. The van der Waals surface area contributed by atoms with E-state index in [0.717, 1.165) is 19.3 Å². The highest BCUT2D eigenvalue weighted by Crippen LogP contribution is 2.39. The quantitative estimate of drug-likeness (QED) is 0.149. The van der Waals surface area contributed by atoms with E-state index in [4.69, 9.17) is 16.6 Å². The second-order valence-electron chi connectivity index (χ2n) is 7.51. The molecule has 30 heavy (non-hydrogen) atoms. The van der Waals surface area contributed by atoms with Crippen LogP contribution in [0.3, 0.4) is 0 Å². The Morgan fingerprint density at radius 2 is 1.93 bits per heavy atom. The van der Waals surface area contributed by atoms with Crippen molar-refractivity contribution in [3.8, 4) is 0 Å². The molecule has 0 atom stereocenters. The lowest BCUT2D eigenvalue weighted by atomic mass is 9.72. The van der Waals surface area contributed by atoms with Crippen LogP contribution in [0.25, 0.3) is 0 Å². The highest BCUT2D eigenvalue weighted by atomic mass is 127. The van der Waals surface area contributed by atoms with Crippen LogP contribution in [0.5, 0.6) is 0 Å². The Morgan fingerprint density at radius 1 is 1.20 bits per heavy atom. The van der Waals surface area contributed by atoms with Gasteiger partial charge < -0.3 is 15.7 Å². The molecule has 1 aliphatic rings. The van der Waals surface area contributed by atoms with Crippen molar-refractivity contribution in [2.24, 2.45) is 10.4 Å². The molecule has 1 aromatic carbocycles. The number of aliphatic hydroxyl groups is 1. The predicted octanol–water partition coefficient (Wildman–Crippen LogP) is 3.12. The largest absolute Gasteiger partial charge is 0.396 e. The van der Waals surface area contributed by atoms with Crippen molar-refractivity contribution in [1.82, 2.24) is 15.4 Å². The summed E-state index contributed by atoms with van der Waals surface area (Å²) in [6, 6.07) is 6.18. The maximum atomic E-state index is 12.3. The number of benzene rings is 1. The maximum absolute atomic E-state index is 12.3. The number of sulfonamides is 1. The van der Waals surface area contributed by atoms with Crippen molar-refractivity contribution in [2.75, 3.05) is 32.8 Å². The van der Waals surface area contributed by atoms with E-state index in [1.807, 2.05) is 6.92 Å². The summed E-state index contributed by atoms with van der Waals surface area (Å²) in [5.74, 6) is 0.664. The number of guanidine groups is 1. The number of hydrogen-bond donors (Lipinski definition) is 4. The number of rotatable bonds is 10. The molecule has 10 heteroatoms. The summed E-state index contributed by atoms with van der Waals surface area (Å²) in [4.78, 5) is 4.87. The topological polar surface area (TPSA) is 103 Å².